The van der Waals surface area contributed by atoms with Gasteiger partial charge in [-0.05, 0) is 86.7 Å². The molecule has 4 rings (SSSR count). The SMILES string of the molecule is CC(=O)O[C@@H]1C[C@]2(C)[C@@H](C(=O)CO)CC[C@]2(O)[C@@H]2CC[C@@H]3C[C@@H](O[Si](C)(C)C(C)(C)C)CC[C@]3(C)[C@H]21. The fourth-order valence-electron chi connectivity index (χ4n) is 8.90. The molecule has 0 bridgehead atoms. The first-order valence-corrected chi connectivity index (χ1v) is 17.1. The molecule has 0 spiro atoms. The quantitative estimate of drug-likeness (QED) is 0.378. The Kier molecular flexibility index (Phi) is 7.19. The topological polar surface area (TPSA) is 93.1 Å². The van der Waals surface area contributed by atoms with Crippen LogP contribution in [0.15, 0.2) is 0 Å². The minimum Gasteiger partial charge on any atom is -0.462 e. The molecule has 7 heteroatoms. The van der Waals surface area contributed by atoms with Gasteiger partial charge in [-0.3, -0.25) is 9.59 Å². The molecule has 2 N–H and O–H groups in total. The van der Waals surface area contributed by atoms with E-state index in [1.807, 2.05) is 6.92 Å². The first-order valence-electron chi connectivity index (χ1n) is 14.2. The lowest BCUT2D eigenvalue weighted by Gasteiger charge is -2.65. The third kappa shape index (κ3) is 4.24. The predicted octanol–water partition coefficient (Wildman–Crippen LogP) is 5.25. The summed E-state index contributed by atoms with van der Waals surface area (Å²) in [5, 5.41) is 22.2. The molecule has 206 valence electrons. The summed E-state index contributed by atoms with van der Waals surface area (Å²) in [4.78, 5) is 25.0. The Morgan fingerprint density at radius 1 is 1.06 bits per heavy atom. The Labute approximate surface area is 219 Å². The molecule has 0 saturated heterocycles. The van der Waals surface area contributed by atoms with Gasteiger partial charge in [-0.2, -0.15) is 0 Å². The fraction of sp³-hybridized carbons (Fsp3) is 0.931. The van der Waals surface area contributed by atoms with Crippen LogP contribution in [-0.4, -0.2) is 54.7 Å². The third-order valence-electron chi connectivity index (χ3n) is 11.8. The van der Waals surface area contributed by atoms with Crippen molar-refractivity contribution in [1.29, 1.82) is 0 Å². The van der Waals surface area contributed by atoms with Crippen LogP contribution in [0.5, 0.6) is 0 Å². The minimum atomic E-state index is -1.87. The van der Waals surface area contributed by atoms with Gasteiger partial charge in [-0.25, -0.2) is 0 Å². The summed E-state index contributed by atoms with van der Waals surface area (Å²) >= 11 is 0. The normalized spacial score (nSPS) is 44.8. The van der Waals surface area contributed by atoms with E-state index in [0.717, 1.165) is 32.1 Å². The van der Waals surface area contributed by atoms with Gasteiger partial charge in [0.1, 0.15) is 12.7 Å². The summed E-state index contributed by atoms with van der Waals surface area (Å²) in [5.74, 6) is -0.380. The van der Waals surface area contributed by atoms with Crippen molar-refractivity contribution in [3.63, 3.8) is 0 Å². The molecular weight excluding hydrogens is 472 g/mol. The maximum atomic E-state index is 12.7. The number of aliphatic hydroxyl groups excluding tert-OH is 1. The van der Waals surface area contributed by atoms with Gasteiger partial charge >= 0.3 is 5.97 Å². The van der Waals surface area contributed by atoms with E-state index in [2.05, 4.69) is 40.8 Å². The third-order valence-corrected chi connectivity index (χ3v) is 16.4. The van der Waals surface area contributed by atoms with Crippen molar-refractivity contribution in [2.45, 2.75) is 129 Å². The average Bonchev–Trinajstić information content (AvgIpc) is 3.03. The van der Waals surface area contributed by atoms with Crippen molar-refractivity contribution in [3.05, 3.63) is 0 Å². The lowest BCUT2D eigenvalue weighted by molar-refractivity contribution is -0.248. The van der Waals surface area contributed by atoms with Crippen molar-refractivity contribution >= 4 is 20.1 Å². The molecule has 0 heterocycles. The number of ether oxygens (including phenoxy) is 1. The number of fused-ring (bicyclic) bond motifs is 5. The Bertz CT molecular complexity index is 881. The molecule has 0 radical (unpaired) electrons. The van der Waals surface area contributed by atoms with E-state index in [-0.39, 0.29) is 46.2 Å². The number of aliphatic hydroxyl groups is 2. The fourth-order valence-corrected chi connectivity index (χ4v) is 10.3. The minimum absolute atomic E-state index is 0.0174. The highest BCUT2D eigenvalue weighted by Gasteiger charge is 2.71. The van der Waals surface area contributed by atoms with Crippen molar-refractivity contribution in [2.75, 3.05) is 6.61 Å². The Morgan fingerprint density at radius 3 is 2.31 bits per heavy atom. The Balaban J connectivity index is 1.65. The Morgan fingerprint density at radius 2 is 1.72 bits per heavy atom. The molecule has 0 aromatic heterocycles. The second kappa shape index (κ2) is 9.17. The Hall–Kier alpha value is -0.763. The van der Waals surface area contributed by atoms with E-state index in [1.54, 1.807) is 0 Å². The molecular formula is C29H50O6Si. The van der Waals surface area contributed by atoms with Gasteiger partial charge in [0.05, 0.1) is 5.60 Å². The molecule has 4 fully saturated rings. The molecule has 6 nitrogen and oxygen atoms in total. The summed E-state index contributed by atoms with van der Waals surface area (Å²) in [6.45, 7) is 16.9. The van der Waals surface area contributed by atoms with E-state index in [9.17, 15) is 19.8 Å². The summed E-state index contributed by atoms with van der Waals surface area (Å²) in [6.07, 6.45) is 6.52. The highest BCUT2D eigenvalue weighted by atomic mass is 28.4. The molecule has 0 aliphatic heterocycles. The van der Waals surface area contributed by atoms with E-state index in [0.29, 0.717) is 25.2 Å². The zero-order chi connectivity index (χ0) is 26.9. The molecule has 9 atom stereocenters. The maximum Gasteiger partial charge on any atom is 0.302 e. The van der Waals surface area contributed by atoms with Gasteiger partial charge in [-0.1, -0.05) is 34.6 Å². The molecule has 36 heavy (non-hydrogen) atoms. The lowest BCUT2D eigenvalue weighted by atomic mass is 9.42. The zero-order valence-corrected chi connectivity index (χ0v) is 24.9. The molecule has 0 aromatic rings. The van der Waals surface area contributed by atoms with Crippen LogP contribution >= 0.6 is 0 Å². The van der Waals surface area contributed by atoms with Crippen LogP contribution in [-0.2, 0) is 18.8 Å². The molecule has 4 aliphatic rings. The zero-order valence-electron chi connectivity index (χ0n) is 23.9. The molecule has 0 amide bonds. The number of carbonyl (C=O) groups is 2. The molecule has 0 aromatic carbocycles. The van der Waals surface area contributed by atoms with Gasteiger partial charge in [0.25, 0.3) is 0 Å². The highest BCUT2D eigenvalue weighted by Crippen LogP contribution is 2.69. The maximum absolute atomic E-state index is 12.7. The van der Waals surface area contributed by atoms with Crippen molar-refractivity contribution in [2.24, 2.45) is 34.5 Å². The smallest absolute Gasteiger partial charge is 0.302 e. The van der Waals surface area contributed by atoms with E-state index < -0.39 is 31.9 Å². The number of Topliss-reactive ketones (excluding diaryl/α,β-unsaturated/α-hetero) is 1. The first-order chi connectivity index (χ1) is 16.5. The van der Waals surface area contributed by atoms with Crippen molar-refractivity contribution in [1.82, 2.24) is 0 Å². The number of rotatable bonds is 5. The van der Waals surface area contributed by atoms with Crippen LogP contribution in [0.2, 0.25) is 18.1 Å². The summed E-state index contributed by atoms with van der Waals surface area (Å²) in [5.41, 5.74) is -1.72. The molecule has 4 aliphatic carbocycles. The summed E-state index contributed by atoms with van der Waals surface area (Å²) < 4.78 is 12.9. The van der Waals surface area contributed by atoms with E-state index in [1.165, 1.54) is 6.92 Å². The average molecular weight is 523 g/mol. The van der Waals surface area contributed by atoms with Crippen molar-refractivity contribution < 1.29 is 29.0 Å². The number of hydrogen-bond donors (Lipinski definition) is 2. The predicted molar refractivity (Wildman–Crippen MR) is 142 cm³/mol. The highest BCUT2D eigenvalue weighted by molar-refractivity contribution is 6.74. The van der Waals surface area contributed by atoms with Crippen LogP contribution in [0.4, 0.5) is 0 Å². The number of esters is 1. The van der Waals surface area contributed by atoms with Crippen LogP contribution in [0.1, 0.15) is 92.9 Å². The van der Waals surface area contributed by atoms with Crippen LogP contribution < -0.4 is 0 Å². The second-order valence-corrected chi connectivity index (χ2v) is 19.4. The number of ketones is 1. The van der Waals surface area contributed by atoms with Gasteiger partial charge in [0.15, 0.2) is 14.1 Å². The second-order valence-electron chi connectivity index (χ2n) is 14.6. The molecule has 0 unspecified atom stereocenters. The summed E-state index contributed by atoms with van der Waals surface area (Å²) in [6, 6.07) is 0. The number of hydrogen-bond acceptors (Lipinski definition) is 6. The van der Waals surface area contributed by atoms with E-state index >= 15 is 0 Å². The van der Waals surface area contributed by atoms with Gasteiger partial charge in [0, 0.05) is 30.3 Å². The number of carbonyl (C=O) groups excluding carboxylic acids is 2. The van der Waals surface area contributed by atoms with Crippen LogP contribution in [0.3, 0.4) is 0 Å². The van der Waals surface area contributed by atoms with Crippen molar-refractivity contribution in [3.8, 4) is 0 Å². The van der Waals surface area contributed by atoms with Crippen LogP contribution in [0, 0.1) is 34.5 Å². The first kappa shape index (κ1) is 28.3. The molecule has 4 saturated carbocycles. The lowest BCUT2D eigenvalue weighted by Crippen LogP contribution is -2.67. The summed E-state index contributed by atoms with van der Waals surface area (Å²) in [7, 11) is -1.87. The standard InChI is InChI=1S/C29H50O6Si/c1-18(31)34-24-16-28(6)21(23(32)17-30)12-14-29(28,33)22-10-9-19-15-20(11-13-27(19,5)25(22)24)35-36(7,8)26(2,3)4/h19-22,24-25,30,33H,9-17H2,1-8H3/t19-,20+,21-,22-,24-,25-,27+,28-,29+/m1/s1. The van der Waals surface area contributed by atoms with Gasteiger partial charge in [0.2, 0.25) is 0 Å². The largest absolute Gasteiger partial charge is 0.462 e. The van der Waals surface area contributed by atoms with Crippen LogP contribution in [0.25, 0.3) is 0 Å². The van der Waals surface area contributed by atoms with Gasteiger partial charge < -0.3 is 19.4 Å². The van der Waals surface area contributed by atoms with Gasteiger partial charge in [-0.15, -0.1) is 0 Å². The monoisotopic (exact) mass is 522 g/mol. The van der Waals surface area contributed by atoms with E-state index in [4.69, 9.17) is 9.16 Å².